The number of hydrogen-bond donors (Lipinski definition) is 0. The van der Waals surface area contributed by atoms with Crippen LogP contribution in [0.15, 0.2) is 22.1 Å². The van der Waals surface area contributed by atoms with E-state index in [2.05, 4.69) is 4.74 Å². The van der Waals surface area contributed by atoms with Crippen molar-refractivity contribution in [1.82, 2.24) is 0 Å². The smallest absolute Gasteiger partial charge is 0.373 e. The van der Waals surface area contributed by atoms with Crippen LogP contribution in [0, 0.1) is 0 Å². The molecule has 92 valence electrons. The first-order chi connectivity index (χ1) is 8.08. The molecular weight excluding hydrogens is 224 g/mol. The fraction of sp³-hybridized carbons (Fsp3) is 0.333. The maximum atomic E-state index is 11.3. The summed E-state index contributed by atoms with van der Waals surface area (Å²) in [5.74, 6) is -0.478. The van der Waals surface area contributed by atoms with Gasteiger partial charge < -0.3 is 13.9 Å². The molecule has 0 amide bonds. The molecule has 5 nitrogen and oxygen atoms in total. The second-order valence-electron chi connectivity index (χ2n) is 3.24. The summed E-state index contributed by atoms with van der Waals surface area (Å²) in [5.41, 5.74) is 0.401. The van der Waals surface area contributed by atoms with Gasteiger partial charge in [0, 0.05) is 5.57 Å². The largest absolute Gasteiger partial charge is 0.463 e. The standard InChI is InChI=1S/C12H14O5/c1-4-16-11(13)8(2)7-9-5-6-10(17-9)12(14)15-3/h5-7H,4H2,1-3H3/b8-7+. The van der Waals surface area contributed by atoms with Gasteiger partial charge in [-0.2, -0.15) is 0 Å². The highest BCUT2D eigenvalue weighted by molar-refractivity contribution is 5.93. The van der Waals surface area contributed by atoms with Crippen molar-refractivity contribution in [3.05, 3.63) is 29.2 Å². The van der Waals surface area contributed by atoms with Crippen molar-refractivity contribution in [1.29, 1.82) is 0 Å². The van der Waals surface area contributed by atoms with Crippen molar-refractivity contribution in [2.24, 2.45) is 0 Å². The molecule has 0 atom stereocenters. The van der Waals surface area contributed by atoms with Crippen LogP contribution in [0.4, 0.5) is 0 Å². The summed E-state index contributed by atoms with van der Waals surface area (Å²) in [6.07, 6.45) is 1.50. The first kappa shape index (κ1) is 13.0. The summed E-state index contributed by atoms with van der Waals surface area (Å²) in [6, 6.07) is 3.06. The first-order valence-electron chi connectivity index (χ1n) is 5.12. The van der Waals surface area contributed by atoms with Gasteiger partial charge in [-0.25, -0.2) is 9.59 Å². The van der Waals surface area contributed by atoms with E-state index >= 15 is 0 Å². The third-order valence-corrected chi connectivity index (χ3v) is 1.97. The van der Waals surface area contributed by atoms with E-state index in [0.717, 1.165) is 0 Å². The highest BCUT2D eigenvalue weighted by Crippen LogP contribution is 2.13. The van der Waals surface area contributed by atoms with Gasteiger partial charge in [0.2, 0.25) is 5.76 Å². The Bertz CT molecular complexity index is 442. The van der Waals surface area contributed by atoms with Crippen molar-refractivity contribution in [2.45, 2.75) is 13.8 Å². The second-order valence-corrected chi connectivity index (χ2v) is 3.24. The van der Waals surface area contributed by atoms with E-state index in [9.17, 15) is 9.59 Å². The monoisotopic (exact) mass is 238 g/mol. The zero-order valence-corrected chi connectivity index (χ0v) is 9.98. The molecule has 0 fully saturated rings. The number of furan rings is 1. The second kappa shape index (κ2) is 5.89. The van der Waals surface area contributed by atoms with Gasteiger partial charge in [0.05, 0.1) is 13.7 Å². The molecule has 0 saturated heterocycles. The van der Waals surface area contributed by atoms with Gasteiger partial charge >= 0.3 is 11.9 Å². The zero-order valence-electron chi connectivity index (χ0n) is 9.98. The van der Waals surface area contributed by atoms with E-state index in [1.807, 2.05) is 0 Å². The van der Waals surface area contributed by atoms with E-state index in [4.69, 9.17) is 9.15 Å². The van der Waals surface area contributed by atoms with Crippen LogP contribution in [-0.2, 0) is 14.3 Å². The molecule has 17 heavy (non-hydrogen) atoms. The third kappa shape index (κ3) is 3.48. The number of carbonyl (C=O) groups excluding carboxylic acids is 2. The van der Waals surface area contributed by atoms with Crippen LogP contribution >= 0.6 is 0 Å². The van der Waals surface area contributed by atoms with Crippen LogP contribution in [0.5, 0.6) is 0 Å². The number of methoxy groups -OCH3 is 1. The third-order valence-electron chi connectivity index (χ3n) is 1.97. The number of esters is 2. The maximum Gasteiger partial charge on any atom is 0.373 e. The molecule has 0 radical (unpaired) electrons. The summed E-state index contributed by atoms with van der Waals surface area (Å²) < 4.78 is 14.5. The average molecular weight is 238 g/mol. The highest BCUT2D eigenvalue weighted by atomic mass is 16.5. The number of carbonyl (C=O) groups is 2. The highest BCUT2D eigenvalue weighted by Gasteiger charge is 2.11. The summed E-state index contributed by atoms with van der Waals surface area (Å²) >= 11 is 0. The fourth-order valence-corrected chi connectivity index (χ4v) is 1.16. The average Bonchev–Trinajstić information content (AvgIpc) is 2.76. The molecule has 0 unspecified atom stereocenters. The van der Waals surface area contributed by atoms with Crippen LogP contribution in [-0.4, -0.2) is 25.7 Å². The molecule has 0 aliphatic rings. The van der Waals surface area contributed by atoms with Gasteiger partial charge in [-0.15, -0.1) is 0 Å². The topological polar surface area (TPSA) is 65.7 Å². The molecule has 0 aromatic carbocycles. The minimum absolute atomic E-state index is 0.0930. The van der Waals surface area contributed by atoms with Crippen LogP contribution in [0.2, 0.25) is 0 Å². The Labute approximate surface area is 99.0 Å². The Morgan fingerprint density at radius 2 is 2.12 bits per heavy atom. The summed E-state index contributed by atoms with van der Waals surface area (Å²) in [5, 5.41) is 0. The summed E-state index contributed by atoms with van der Waals surface area (Å²) in [7, 11) is 1.27. The van der Waals surface area contributed by atoms with E-state index in [1.54, 1.807) is 19.9 Å². The molecule has 0 aliphatic heterocycles. The molecule has 0 N–H and O–H groups in total. The van der Waals surface area contributed by atoms with Crippen molar-refractivity contribution in [3.63, 3.8) is 0 Å². The van der Waals surface area contributed by atoms with E-state index in [1.165, 1.54) is 19.3 Å². The molecular formula is C12H14O5. The lowest BCUT2D eigenvalue weighted by molar-refractivity contribution is -0.138. The Morgan fingerprint density at radius 3 is 2.71 bits per heavy atom. The minimum atomic E-state index is -0.557. The minimum Gasteiger partial charge on any atom is -0.463 e. The Morgan fingerprint density at radius 1 is 1.41 bits per heavy atom. The van der Waals surface area contributed by atoms with Crippen molar-refractivity contribution in [3.8, 4) is 0 Å². The summed E-state index contributed by atoms with van der Waals surface area (Å²) in [4.78, 5) is 22.4. The molecule has 1 aromatic heterocycles. The van der Waals surface area contributed by atoms with Gasteiger partial charge in [0.15, 0.2) is 0 Å². The van der Waals surface area contributed by atoms with E-state index < -0.39 is 11.9 Å². The summed E-state index contributed by atoms with van der Waals surface area (Å²) in [6.45, 7) is 3.65. The predicted octanol–water partition coefficient (Wildman–Crippen LogP) is 2.03. The van der Waals surface area contributed by atoms with Crippen LogP contribution in [0.3, 0.4) is 0 Å². The van der Waals surface area contributed by atoms with Crippen LogP contribution in [0.1, 0.15) is 30.2 Å². The molecule has 1 aromatic rings. The fourth-order valence-electron chi connectivity index (χ4n) is 1.16. The molecule has 0 aliphatic carbocycles. The van der Waals surface area contributed by atoms with Crippen molar-refractivity contribution < 1.29 is 23.5 Å². The predicted molar refractivity (Wildman–Crippen MR) is 60.3 cm³/mol. The van der Waals surface area contributed by atoms with E-state index in [0.29, 0.717) is 17.9 Å². The quantitative estimate of drug-likeness (QED) is 0.593. The Hall–Kier alpha value is -2.04. The molecule has 0 spiro atoms. The SMILES string of the molecule is CCOC(=O)/C(C)=C/c1ccc(C(=O)OC)o1. The Kier molecular flexibility index (Phi) is 4.51. The maximum absolute atomic E-state index is 11.3. The number of rotatable bonds is 4. The zero-order chi connectivity index (χ0) is 12.8. The molecule has 1 rings (SSSR count). The van der Waals surface area contributed by atoms with Gasteiger partial charge in [-0.05, 0) is 32.1 Å². The van der Waals surface area contributed by atoms with Crippen LogP contribution in [0.25, 0.3) is 6.08 Å². The number of ether oxygens (including phenoxy) is 2. The normalized spacial score (nSPS) is 11.1. The Balaban J connectivity index is 2.81. The van der Waals surface area contributed by atoms with Gasteiger partial charge in [0.1, 0.15) is 5.76 Å². The molecule has 0 saturated carbocycles. The molecule has 5 heteroatoms. The van der Waals surface area contributed by atoms with Gasteiger partial charge in [0.25, 0.3) is 0 Å². The van der Waals surface area contributed by atoms with Crippen LogP contribution < -0.4 is 0 Å². The first-order valence-corrected chi connectivity index (χ1v) is 5.12. The molecule has 1 heterocycles. The van der Waals surface area contributed by atoms with E-state index in [-0.39, 0.29) is 5.76 Å². The van der Waals surface area contributed by atoms with Crippen molar-refractivity contribution in [2.75, 3.05) is 13.7 Å². The lowest BCUT2D eigenvalue weighted by atomic mass is 10.2. The van der Waals surface area contributed by atoms with Gasteiger partial charge in [-0.3, -0.25) is 0 Å². The number of hydrogen-bond acceptors (Lipinski definition) is 5. The van der Waals surface area contributed by atoms with Crippen molar-refractivity contribution >= 4 is 18.0 Å². The molecule has 0 bridgehead atoms. The lowest BCUT2D eigenvalue weighted by Gasteiger charge is -1.99. The lowest BCUT2D eigenvalue weighted by Crippen LogP contribution is -2.04. The van der Waals surface area contributed by atoms with Gasteiger partial charge in [-0.1, -0.05) is 0 Å².